The fourth-order valence-corrected chi connectivity index (χ4v) is 1.17. The van der Waals surface area contributed by atoms with E-state index in [1.807, 2.05) is 0 Å². The van der Waals surface area contributed by atoms with Crippen LogP contribution in [0.2, 0.25) is 0 Å². The minimum absolute atomic E-state index is 0.0151. The maximum absolute atomic E-state index is 11.8. The summed E-state index contributed by atoms with van der Waals surface area (Å²) in [4.78, 5) is 3.78. The molecule has 1 heterocycles. The second-order valence-electron chi connectivity index (χ2n) is 3.71. The Morgan fingerprint density at radius 1 is 1.38 bits per heavy atom. The molecule has 0 spiro atoms. The number of pyridine rings is 1. The van der Waals surface area contributed by atoms with Gasteiger partial charge in [-0.25, -0.2) is 4.98 Å². The van der Waals surface area contributed by atoms with Crippen molar-refractivity contribution < 1.29 is 17.9 Å². The molecule has 0 atom stereocenters. The number of anilines is 1. The van der Waals surface area contributed by atoms with E-state index in [0.717, 1.165) is 18.5 Å². The van der Waals surface area contributed by atoms with E-state index in [1.165, 1.54) is 12.3 Å². The third kappa shape index (κ3) is 3.60. The first kappa shape index (κ1) is 11.0. The molecule has 0 saturated heterocycles. The van der Waals surface area contributed by atoms with Crippen LogP contribution >= 0.6 is 0 Å². The molecule has 88 valence electrons. The first-order valence-corrected chi connectivity index (χ1v) is 4.95. The van der Waals surface area contributed by atoms with Crippen molar-refractivity contribution in [3.8, 4) is 5.88 Å². The molecule has 16 heavy (non-hydrogen) atoms. The molecule has 1 aliphatic rings. The van der Waals surface area contributed by atoms with E-state index in [9.17, 15) is 13.2 Å². The van der Waals surface area contributed by atoms with Crippen LogP contribution in [0.25, 0.3) is 0 Å². The summed E-state index contributed by atoms with van der Waals surface area (Å²) in [6.07, 6.45) is -0.588. The number of hydrogen-bond acceptors (Lipinski definition) is 3. The molecule has 0 aromatic carbocycles. The molecule has 6 heteroatoms. The molecule has 1 aromatic heterocycles. The van der Waals surface area contributed by atoms with Crippen LogP contribution in [0.5, 0.6) is 5.88 Å². The zero-order valence-corrected chi connectivity index (χ0v) is 8.42. The van der Waals surface area contributed by atoms with E-state index in [-0.39, 0.29) is 5.88 Å². The van der Waals surface area contributed by atoms with Crippen LogP contribution in [0, 0.1) is 0 Å². The Labute approximate surface area is 90.6 Å². The van der Waals surface area contributed by atoms with Gasteiger partial charge in [0.2, 0.25) is 5.88 Å². The lowest BCUT2D eigenvalue weighted by Crippen LogP contribution is -2.19. The Kier molecular flexibility index (Phi) is 2.89. The van der Waals surface area contributed by atoms with E-state index in [0.29, 0.717) is 6.04 Å². The van der Waals surface area contributed by atoms with Crippen LogP contribution in [-0.2, 0) is 0 Å². The van der Waals surface area contributed by atoms with Crippen molar-refractivity contribution in [1.82, 2.24) is 4.98 Å². The predicted molar refractivity (Wildman–Crippen MR) is 52.4 cm³/mol. The van der Waals surface area contributed by atoms with Crippen molar-refractivity contribution in [3.05, 3.63) is 18.3 Å². The van der Waals surface area contributed by atoms with Gasteiger partial charge in [0.25, 0.3) is 0 Å². The molecule has 0 aliphatic heterocycles. The van der Waals surface area contributed by atoms with Gasteiger partial charge in [0.05, 0.1) is 11.9 Å². The highest BCUT2D eigenvalue weighted by molar-refractivity contribution is 5.43. The van der Waals surface area contributed by atoms with Crippen molar-refractivity contribution in [2.24, 2.45) is 0 Å². The van der Waals surface area contributed by atoms with Gasteiger partial charge in [-0.15, -0.1) is 0 Å². The van der Waals surface area contributed by atoms with Crippen molar-refractivity contribution in [1.29, 1.82) is 0 Å². The SMILES string of the molecule is FC(F)(F)COc1ccc(NC2CC2)cn1. The fraction of sp³-hybridized carbons (Fsp3) is 0.500. The van der Waals surface area contributed by atoms with E-state index < -0.39 is 12.8 Å². The highest BCUT2D eigenvalue weighted by Gasteiger charge is 2.28. The zero-order valence-electron chi connectivity index (χ0n) is 8.42. The molecule has 0 radical (unpaired) electrons. The predicted octanol–water partition coefficient (Wildman–Crippen LogP) is 2.60. The number of halogens is 3. The Morgan fingerprint density at radius 3 is 2.62 bits per heavy atom. The van der Waals surface area contributed by atoms with Gasteiger partial charge in [-0.1, -0.05) is 0 Å². The van der Waals surface area contributed by atoms with E-state index in [4.69, 9.17) is 0 Å². The number of rotatable bonds is 4. The van der Waals surface area contributed by atoms with Gasteiger partial charge >= 0.3 is 6.18 Å². The van der Waals surface area contributed by atoms with Crippen molar-refractivity contribution in [2.75, 3.05) is 11.9 Å². The summed E-state index contributed by atoms with van der Waals surface area (Å²) in [5.41, 5.74) is 0.807. The van der Waals surface area contributed by atoms with Crippen LogP contribution in [0.15, 0.2) is 18.3 Å². The summed E-state index contributed by atoms with van der Waals surface area (Å²) >= 11 is 0. The van der Waals surface area contributed by atoms with Gasteiger partial charge in [0.1, 0.15) is 0 Å². The molecular formula is C10H11F3N2O. The number of ether oxygens (including phenoxy) is 1. The van der Waals surface area contributed by atoms with Crippen LogP contribution in [0.3, 0.4) is 0 Å². The Hall–Kier alpha value is -1.46. The standard InChI is InChI=1S/C10H11F3N2O/c11-10(12,13)6-16-9-4-3-8(5-14-9)15-7-1-2-7/h3-5,7,15H,1-2,6H2. The lowest BCUT2D eigenvalue weighted by Gasteiger charge is -2.09. The van der Waals surface area contributed by atoms with Gasteiger partial charge in [-0.05, 0) is 18.9 Å². The average molecular weight is 232 g/mol. The molecule has 1 aliphatic carbocycles. The zero-order chi connectivity index (χ0) is 11.6. The highest BCUT2D eigenvalue weighted by atomic mass is 19.4. The minimum Gasteiger partial charge on any atom is -0.468 e. The highest BCUT2D eigenvalue weighted by Crippen LogP contribution is 2.25. The number of nitrogens with zero attached hydrogens (tertiary/aromatic N) is 1. The molecule has 0 unspecified atom stereocenters. The summed E-state index contributed by atoms with van der Waals surface area (Å²) in [7, 11) is 0. The van der Waals surface area contributed by atoms with Gasteiger partial charge in [0, 0.05) is 12.1 Å². The van der Waals surface area contributed by atoms with Crippen LogP contribution in [0.4, 0.5) is 18.9 Å². The van der Waals surface area contributed by atoms with Gasteiger partial charge in [0.15, 0.2) is 6.61 Å². The smallest absolute Gasteiger partial charge is 0.422 e. The number of hydrogen-bond donors (Lipinski definition) is 1. The number of alkyl halides is 3. The lowest BCUT2D eigenvalue weighted by molar-refractivity contribution is -0.154. The molecule has 3 nitrogen and oxygen atoms in total. The van der Waals surface area contributed by atoms with E-state index in [2.05, 4.69) is 15.0 Å². The monoisotopic (exact) mass is 232 g/mol. The van der Waals surface area contributed by atoms with Gasteiger partial charge in [-0.2, -0.15) is 13.2 Å². The maximum atomic E-state index is 11.8. The Bertz CT molecular complexity index is 346. The molecule has 0 amide bonds. The molecule has 2 rings (SSSR count). The molecule has 1 aromatic rings. The third-order valence-electron chi connectivity index (χ3n) is 2.07. The first-order chi connectivity index (χ1) is 7.53. The average Bonchev–Trinajstić information content (AvgIpc) is 3.00. The Balaban J connectivity index is 1.86. The summed E-state index contributed by atoms with van der Waals surface area (Å²) < 4.78 is 40.0. The maximum Gasteiger partial charge on any atom is 0.422 e. The minimum atomic E-state index is -4.33. The van der Waals surface area contributed by atoms with Crippen molar-refractivity contribution >= 4 is 5.69 Å². The summed E-state index contributed by atoms with van der Waals surface area (Å²) in [6.45, 7) is -1.31. The van der Waals surface area contributed by atoms with Crippen LogP contribution in [-0.4, -0.2) is 23.8 Å². The molecule has 0 bridgehead atoms. The lowest BCUT2D eigenvalue weighted by atomic mass is 10.4. The second-order valence-corrected chi connectivity index (χ2v) is 3.71. The van der Waals surface area contributed by atoms with E-state index in [1.54, 1.807) is 6.07 Å². The Morgan fingerprint density at radius 2 is 2.12 bits per heavy atom. The second kappa shape index (κ2) is 4.19. The first-order valence-electron chi connectivity index (χ1n) is 4.95. The van der Waals surface area contributed by atoms with Gasteiger partial charge < -0.3 is 10.1 Å². The topological polar surface area (TPSA) is 34.1 Å². The molecule has 1 saturated carbocycles. The molecular weight excluding hydrogens is 221 g/mol. The van der Waals surface area contributed by atoms with Crippen LogP contribution in [0.1, 0.15) is 12.8 Å². The summed E-state index contributed by atoms with van der Waals surface area (Å²) in [6, 6.07) is 3.58. The van der Waals surface area contributed by atoms with Gasteiger partial charge in [-0.3, -0.25) is 0 Å². The number of nitrogens with one attached hydrogen (secondary N) is 1. The van der Waals surface area contributed by atoms with Crippen LogP contribution < -0.4 is 10.1 Å². The molecule has 1 fully saturated rings. The van der Waals surface area contributed by atoms with E-state index >= 15 is 0 Å². The van der Waals surface area contributed by atoms with Crippen molar-refractivity contribution in [3.63, 3.8) is 0 Å². The largest absolute Gasteiger partial charge is 0.468 e. The summed E-state index contributed by atoms with van der Waals surface area (Å²) in [5.74, 6) is -0.0151. The summed E-state index contributed by atoms with van der Waals surface area (Å²) in [5, 5.41) is 3.18. The third-order valence-corrected chi connectivity index (χ3v) is 2.07. The fourth-order valence-electron chi connectivity index (χ4n) is 1.17. The normalized spacial score (nSPS) is 15.9. The quantitative estimate of drug-likeness (QED) is 0.866. The molecule has 1 N–H and O–H groups in total. The van der Waals surface area contributed by atoms with Crippen molar-refractivity contribution in [2.45, 2.75) is 25.1 Å². The number of aromatic nitrogens is 1.